The zero-order valence-corrected chi connectivity index (χ0v) is 14.8. The van der Waals surface area contributed by atoms with E-state index in [0.717, 1.165) is 29.9 Å². The van der Waals surface area contributed by atoms with Gasteiger partial charge < -0.3 is 10.0 Å². The van der Waals surface area contributed by atoms with Crippen LogP contribution in [0.2, 0.25) is 0 Å². The van der Waals surface area contributed by atoms with Gasteiger partial charge in [0.2, 0.25) is 0 Å². The maximum absolute atomic E-state index is 12.8. The van der Waals surface area contributed by atoms with Gasteiger partial charge in [-0.2, -0.15) is 5.10 Å². The molecule has 1 aromatic heterocycles. The molecule has 128 valence electrons. The minimum atomic E-state index is -0.879. The molecule has 1 N–H and O–H groups in total. The lowest BCUT2D eigenvalue weighted by Gasteiger charge is -2.33. The molecule has 1 fully saturated rings. The van der Waals surface area contributed by atoms with Crippen molar-refractivity contribution in [1.29, 1.82) is 0 Å². The molecule has 1 unspecified atom stereocenters. The maximum atomic E-state index is 12.8. The number of benzene rings is 1. The highest BCUT2D eigenvalue weighted by Gasteiger charge is 2.38. The molecule has 5 nitrogen and oxygen atoms in total. The van der Waals surface area contributed by atoms with Gasteiger partial charge in [0.05, 0.1) is 23.0 Å². The van der Waals surface area contributed by atoms with Crippen LogP contribution in [-0.2, 0) is 0 Å². The number of amides is 1. The van der Waals surface area contributed by atoms with Crippen LogP contribution in [-0.4, -0.2) is 43.9 Å². The van der Waals surface area contributed by atoms with Gasteiger partial charge in [0.15, 0.2) is 0 Å². The quantitative estimate of drug-likeness (QED) is 0.943. The van der Waals surface area contributed by atoms with Crippen molar-refractivity contribution in [3.8, 4) is 5.69 Å². The van der Waals surface area contributed by atoms with Crippen molar-refractivity contribution in [2.75, 3.05) is 6.54 Å². The molecule has 1 saturated heterocycles. The summed E-state index contributed by atoms with van der Waals surface area (Å²) in [6, 6.07) is 9.42. The van der Waals surface area contributed by atoms with Gasteiger partial charge in [-0.15, -0.1) is 0 Å². The van der Waals surface area contributed by atoms with Crippen molar-refractivity contribution >= 4 is 5.91 Å². The van der Waals surface area contributed by atoms with Crippen molar-refractivity contribution in [2.24, 2.45) is 0 Å². The Morgan fingerprint density at radius 1 is 1.25 bits per heavy atom. The highest BCUT2D eigenvalue weighted by atomic mass is 16.3. The van der Waals surface area contributed by atoms with Crippen LogP contribution in [0.4, 0.5) is 0 Å². The van der Waals surface area contributed by atoms with Crippen molar-refractivity contribution in [3.63, 3.8) is 0 Å². The third-order valence-electron chi connectivity index (χ3n) is 4.70. The molecule has 2 heterocycles. The Bertz CT molecular complexity index is 741. The third kappa shape index (κ3) is 3.08. The van der Waals surface area contributed by atoms with E-state index < -0.39 is 5.60 Å². The van der Waals surface area contributed by atoms with Gasteiger partial charge >= 0.3 is 0 Å². The van der Waals surface area contributed by atoms with E-state index in [1.54, 1.807) is 18.7 Å². The van der Waals surface area contributed by atoms with E-state index in [2.05, 4.69) is 5.10 Å². The highest BCUT2D eigenvalue weighted by Crippen LogP contribution is 2.28. The third-order valence-corrected chi connectivity index (χ3v) is 4.70. The number of hydrogen-bond donors (Lipinski definition) is 1. The van der Waals surface area contributed by atoms with Gasteiger partial charge in [0.1, 0.15) is 0 Å². The number of carbonyl (C=O) groups is 1. The summed E-state index contributed by atoms with van der Waals surface area (Å²) in [5, 5.41) is 14.8. The lowest BCUT2D eigenvalue weighted by atomic mass is 9.96. The summed E-state index contributed by atoms with van der Waals surface area (Å²) < 4.78 is 1.87. The SMILES string of the molecule is Cc1cc(C)n(-c2ccc(C(=O)N3CCCC3C(C)(C)O)cc2)n1. The van der Waals surface area contributed by atoms with E-state index >= 15 is 0 Å². The van der Waals surface area contributed by atoms with E-state index in [1.807, 2.05) is 48.9 Å². The minimum Gasteiger partial charge on any atom is -0.388 e. The first-order valence-electron chi connectivity index (χ1n) is 8.44. The standard InChI is InChI=1S/C19H25N3O2/c1-13-12-14(2)22(20-13)16-9-7-15(8-10-16)18(23)21-11-5-6-17(21)19(3,4)24/h7-10,12,17,24H,5-6,11H2,1-4H3. The summed E-state index contributed by atoms with van der Waals surface area (Å²) in [6.07, 6.45) is 1.78. The Labute approximate surface area is 142 Å². The molecule has 0 bridgehead atoms. The first-order chi connectivity index (χ1) is 11.3. The average molecular weight is 327 g/mol. The fourth-order valence-corrected chi connectivity index (χ4v) is 3.55. The number of likely N-dealkylation sites (tertiary alicyclic amines) is 1. The molecule has 0 radical (unpaired) electrons. The summed E-state index contributed by atoms with van der Waals surface area (Å²) in [4.78, 5) is 14.6. The summed E-state index contributed by atoms with van der Waals surface area (Å²) in [5.41, 5.74) is 2.75. The molecule has 0 aliphatic carbocycles. The lowest BCUT2D eigenvalue weighted by Crippen LogP contribution is -2.48. The van der Waals surface area contributed by atoms with Crippen LogP contribution in [0.5, 0.6) is 0 Å². The maximum Gasteiger partial charge on any atom is 0.254 e. The van der Waals surface area contributed by atoms with Gasteiger partial charge in [-0.05, 0) is 70.9 Å². The molecule has 1 aliphatic rings. The van der Waals surface area contributed by atoms with Crippen LogP contribution in [0.3, 0.4) is 0 Å². The van der Waals surface area contributed by atoms with E-state index in [0.29, 0.717) is 12.1 Å². The Morgan fingerprint density at radius 2 is 1.92 bits per heavy atom. The topological polar surface area (TPSA) is 58.4 Å². The average Bonchev–Trinajstić information content (AvgIpc) is 3.13. The molecule has 1 aromatic carbocycles. The number of carbonyl (C=O) groups excluding carboxylic acids is 1. The number of nitrogens with zero attached hydrogens (tertiary/aromatic N) is 3. The van der Waals surface area contributed by atoms with Crippen LogP contribution >= 0.6 is 0 Å². The van der Waals surface area contributed by atoms with Gasteiger partial charge in [0, 0.05) is 17.8 Å². The van der Waals surface area contributed by atoms with Crippen molar-refractivity contribution < 1.29 is 9.90 Å². The van der Waals surface area contributed by atoms with Crippen LogP contribution in [0.25, 0.3) is 5.69 Å². The van der Waals surface area contributed by atoms with E-state index in [4.69, 9.17) is 0 Å². The molecule has 3 rings (SSSR count). The molecule has 1 aliphatic heterocycles. The number of aromatic nitrogens is 2. The molecule has 1 amide bonds. The summed E-state index contributed by atoms with van der Waals surface area (Å²) in [5.74, 6) is -0.0143. The zero-order valence-electron chi connectivity index (χ0n) is 14.8. The number of aliphatic hydroxyl groups is 1. The summed E-state index contributed by atoms with van der Waals surface area (Å²) in [7, 11) is 0. The number of aryl methyl sites for hydroxylation is 2. The predicted octanol–water partition coefficient (Wildman–Crippen LogP) is 2.86. The van der Waals surface area contributed by atoms with E-state index in [1.165, 1.54) is 0 Å². The van der Waals surface area contributed by atoms with Crippen molar-refractivity contribution in [1.82, 2.24) is 14.7 Å². The Hall–Kier alpha value is -2.14. The Balaban J connectivity index is 1.83. The fraction of sp³-hybridized carbons (Fsp3) is 0.474. The van der Waals surface area contributed by atoms with Crippen LogP contribution in [0, 0.1) is 13.8 Å². The van der Waals surface area contributed by atoms with Crippen LogP contribution in [0.15, 0.2) is 30.3 Å². The highest BCUT2D eigenvalue weighted by molar-refractivity contribution is 5.94. The zero-order chi connectivity index (χ0) is 17.5. The predicted molar refractivity (Wildman–Crippen MR) is 93.4 cm³/mol. The Morgan fingerprint density at radius 3 is 2.46 bits per heavy atom. The number of rotatable bonds is 3. The smallest absolute Gasteiger partial charge is 0.254 e. The lowest BCUT2D eigenvalue weighted by molar-refractivity contribution is 0.000336. The van der Waals surface area contributed by atoms with Crippen molar-refractivity contribution in [3.05, 3.63) is 47.3 Å². The first kappa shape index (κ1) is 16.7. The van der Waals surface area contributed by atoms with Gasteiger partial charge in [-0.25, -0.2) is 4.68 Å². The monoisotopic (exact) mass is 327 g/mol. The molecule has 5 heteroatoms. The normalized spacial score (nSPS) is 18.2. The first-order valence-corrected chi connectivity index (χ1v) is 8.44. The second kappa shape index (κ2) is 6.06. The second-order valence-electron chi connectivity index (χ2n) is 7.20. The summed E-state index contributed by atoms with van der Waals surface area (Å²) in [6.45, 7) is 8.22. The molecule has 0 saturated carbocycles. The fourth-order valence-electron chi connectivity index (χ4n) is 3.55. The van der Waals surface area contributed by atoms with E-state index in [-0.39, 0.29) is 11.9 Å². The van der Waals surface area contributed by atoms with Crippen LogP contribution in [0.1, 0.15) is 48.4 Å². The number of hydrogen-bond acceptors (Lipinski definition) is 3. The van der Waals surface area contributed by atoms with Crippen molar-refractivity contribution in [2.45, 2.75) is 52.2 Å². The minimum absolute atomic E-state index is 0.0143. The van der Waals surface area contributed by atoms with Gasteiger partial charge in [-0.1, -0.05) is 0 Å². The second-order valence-corrected chi connectivity index (χ2v) is 7.20. The molecule has 2 aromatic rings. The molecule has 0 spiro atoms. The van der Waals surface area contributed by atoms with Gasteiger partial charge in [0.25, 0.3) is 5.91 Å². The molecular weight excluding hydrogens is 302 g/mol. The van der Waals surface area contributed by atoms with Crippen LogP contribution < -0.4 is 0 Å². The summed E-state index contributed by atoms with van der Waals surface area (Å²) >= 11 is 0. The largest absolute Gasteiger partial charge is 0.388 e. The molecule has 24 heavy (non-hydrogen) atoms. The van der Waals surface area contributed by atoms with Gasteiger partial charge in [-0.3, -0.25) is 4.79 Å². The molecule has 1 atom stereocenters. The molecular formula is C19H25N3O2. The Kier molecular flexibility index (Phi) is 4.22. The van der Waals surface area contributed by atoms with E-state index in [9.17, 15) is 9.90 Å².